The van der Waals surface area contributed by atoms with Crippen LogP contribution in [0.15, 0.2) is 22.7 Å². The first-order chi connectivity index (χ1) is 11.4. The van der Waals surface area contributed by atoms with Crippen LogP contribution in [0.2, 0.25) is 0 Å². The summed E-state index contributed by atoms with van der Waals surface area (Å²) in [7, 11) is 0. The van der Waals surface area contributed by atoms with E-state index in [1.54, 1.807) is 0 Å². The highest BCUT2D eigenvalue weighted by atomic mass is 16.5. The van der Waals surface area contributed by atoms with Gasteiger partial charge in [-0.15, -0.1) is 0 Å². The Hall–Kier alpha value is -1.88. The summed E-state index contributed by atoms with van der Waals surface area (Å²) >= 11 is 0. The van der Waals surface area contributed by atoms with Gasteiger partial charge in [0.2, 0.25) is 0 Å². The van der Waals surface area contributed by atoms with Gasteiger partial charge in [0.1, 0.15) is 0 Å². The van der Waals surface area contributed by atoms with Crippen molar-refractivity contribution in [3.05, 3.63) is 29.5 Å². The van der Waals surface area contributed by atoms with E-state index in [0.29, 0.717) is 6.54 Å². The van der Waals surface area contributed by atoms with Crippen LogP contribution < -0.4 is 0 Å². The fraction of sp³-hybridized carbons (Fsp3) is 0.579. The van der Waals surface area contributed by atoms with E-state index in [-0.39, 0.29) is 5.92 Å². The fourth-order valence-corrected chi connectivity index (χ4v) is 3.31. The average molecular weight is 330 g/mol. The van der Waals surface area contributed by atoms with Crippen LogP contribution in [0.25, 0.3) is 11.0 Å². The lowest BCUT2D eigenvalue weighted by atomic mass is 9.99. The predicted octanol–water partition coefficient (Wildman–Crippen LogP) is 3.82. The maximum absolute atomic E-state index is 11.4. The molecule has 1 atom stereocenters. The summed E-state index contributed by atoms with van der Waals surface area (Å²) in [5.74, 6) is -0.367. The molecule has 0 bridgehead atoms. The molecule has 1 saturated carbocycles. The number of aromatic nitrogens is 1. The second-order valence-electron chi connectivity index (χ2n) is 7.21. The summed E-state index contributed by atoms with van der Waals surface area (Å²) in [5, 5.41) is 14.7. The molecule has 130 valence electrons. The molecule has 0 radical (unpaired) electrons. The van der Waals surface area contributed by atoms with Crippen molar-refractivity contribution >= 4 is 16.9 Å². The van der Waals surface area contributed by atoms with E-state index in [0.717, 1.165) is 49.0 Å². The molecule has 1 N–H and O–H groups in total. The molecule has 1 aromatic carbocycles. The largest absolute Gasteiger partial charge is 0.481 e. The second kappa shape index (κ2) is 6.55. The molecule has 1 unspecified atom stereocenters. The van der Waals surface area contributed by atoms with E-state index in [1.165, 1.54) is 5.56 Å². The summed E-state index contributed by atoms with van der Waals surface area (Å²) in [5.41, 5.74) is 2.55. The van der Waals surface area contributed by atoms with Crippen molar-refractivity contribution in [3.8, 4) is 0 Å². The number of carboxylic acids is 1. The van der Waals surface area contributed by atoms with Gasteiger partial charge in [-0.3, -0.25) is 4.79 Å². The molecule has 1 fully saturated rings. The number of hydrogen-bond acceptors (Lipinski definition) is 4. The summed E-state index contributed by atoms with van der Waals surface area (Å²) < 4.78 is 5.44. The number of carbonyl (C=O) groups is 1. The average Bonchev–Trinajstić information content (AvgIpc) is 3.23. The highest BCUT2D eigenvalue weighted by molar-refractivity contribution is 5.80. The van der Waals surface area contributed by atoms with Crippen LogP contribution in [0.1, 0.15) is 50.3 Å². The molecule has 0 amide bonds. The molecule has 0 aliphatic heterocycles. The number of benzene rings is 1. The fourth-order valence-electron chi connectivity index (χ4n) is 3.31. The number of aliphatic carboxylic acids is 1. The molecule has 1 aromatic heterocycles. The third kappa shape index (κ3) is 3.31. The Bertz CT molecular complexity index is 733. The Labute approximate surface area is 142 Å². The van der Waals surface area contributed by atoms with Crippen LogP contribution >= 0.6 is 0 Å². The first-order valence-corrected chi connectivity index (χ1v) is 8.77. The zero-order valence-electron chi connectivity index (χ0n) is 14.7. The normalized spacial score (nSPS) is 17.3. The van der Waals surface area contributed by atoms with Crippen molar-refractivity contribution < 1.29 is 14.4 Å². The predicted molar refractivity (Wildman–Crippen MR) is 93.2 cm³/mol. The summed E-state index contributed by atoms with van der Waals surface area (Å²) in [6.45, 7) is 8.74. The topological polar surface area (TPSA) is 66.6 Å². The van der Waals surface area contributed by atoms with Gasteiger partial charge in [-0.2, -0.15) is 0 Å². The number of nitrogens with zero attached hydrogens (tertiary/aromatic N) is 2. The third-order valence-electron chi connectivity index (χ3n) is 5.28. The van der Waals surface area contributed by atoms with Crippen LogP contribution in [0.4, 0.5) is 0 Å². The first kappa shape index (κ1) is 17.0. The number of carboxylic acid groups (broad SMARTS) is 1. The number of fused-ring (bicyclic) bond motifs is 1. The van der Waals surface area contributed by atoms with Gasteiger partial charge in [0.15, 0.2) is 5.58 Å². The Morgan fingerprint density at radius 2 is 2.21 bits per heavy atom. The molecule has 1 aliphatic carbocycles. The molecule has 1 aliphatic rings. The van der Waals surface area contributed by atoms with Crippen LogP contribution in [0.3, 0.4) is 0 Å². The van der Waals surface area contributed by atoms with E-state index < -0.39 is 11.4 Å². The van der Waals surface area contributed by atoms with Gasteiger partial charge < -0.3 is 14.5 Å². The van der Waals surface area contributed by atoms with Gasteiger partial charge in [-0.05, 0) is 51.4 Å². The molecule has 24 heavy (non-hydrogen) atoms. The van der Waals surface area contributed by atoms with E-state index in [9.17, 15) is 9.90 Å². The molecule has 2 aromatic rings. The minimum atomic E-state index is -0.646. The van der Waals surface area contributed by atoms with E-state index in [2.05, 4.69) is 36.9 Å². The lowest BCUT2D eigenvalue weighted by Gasteiger charge is -2.25. The lowest BCUT2D eigenvalue weighted by Crippen LogP contribution is -2.35. The highest BCUT2D eigenvalue weighted by Crippen LogP contribution is 2.46. The summed E-state index contributed by atoms with van der Waals surface area (Å²) in [6, 6.07) is 6.12. The van der Waals surface area contributed by atoms with Crippen molar-refractivity contribution in [2.45, 2.75) is 46.0 Å². The third-order valence-corrected chi connectivity index (χ3v) is 5.28. The minimum Gasteiger partial charge on any atom is -0.481 e. The van der Waals surface area contributed by atoms with Gasteiger partial charge in [0.25, 0.3) is 0 Å². The molecule has 5 heteroatoms. The molecule has 1 heterocycles. The van der Waals surface area contributed by atoms with E-state index in [4.69, 9.17) is 4.52 Å². The van der Waals surface area contributed by atoms with E-state index >= 15 is 0 Å². The molecule has 3 rings (SSSR count). The van der Waals surface area contributed by atoms with E-state index in [1.807, 2.05) is 12.1 Å². The Balaban J connectivity index is 1.64. The maximum atomic E-state index is 11.4. The van der Waals surface area contributed by atoms with Gasteiger partial charge in [0, 0.05) is 17.8 Å². The van der Waals surface area contributed by atoms with Crippen molar-refractivity contribution in [1.82, 2.24) is 10.1 Å². The lowest BCUT2D eigenvalue weighted by molar-refractivity contribution is -0.144. The zero-order valence-corrected chi connectivity index (χ0v) is 14.7. The van der Waals surface area contributed by atoms with Gasteiger partial charge >= 0.3 is 5.97 Å². The standard InChI is InChI=1S/C19H26N2O3/c1-4-21(12-19(8-9-19)18(22)23)10-7-14(3)17-15-11-13(2)5-6-16(15)24-20-17/h5-6,11,14H,4,7-10,12H2,1-3H3,(H,22,23). The Morgan fingerprint density at radius 3 is 2.83 bits per heavy atom. The SMILES string of the molecule is CCN(CCC(C)c1noc2ccc(C)cc12)CC1(C(=O)O)CC1. The van der Waals surface area contributed by atoms with Crippen LogP contribution in [0, 0.1) is 12.3 Å². The monoisotopic (exact) mass is 330 g/mol. The molecule has 0 saturated heterocycles. The Morgan fingerprint density at radius 1 is 1.46 bits per heavy atom. The summed E-state index contributed by atoms with van der Waals surface area (Å²) in [4.78, 5) is 13.6. The van der Waals surface area contributed by atoms with Gasteiger partial charge in [0.05, 0.1) is 11.1 Å². The number of aryl methyl sites for hydroxylation is 1. The quantitative estimate of drug-likeness (QED) is 0.797. The maximum Gasteiger partial charge on any atom is 0.310 e. The van der Waals surface area contributed by atoms with Crippen LogP contribution in [0.5, 0.6) is 0 Å². The minimum absolute atomic E-state index is 0.280. The first-order valence-electron chi connectivity index (χ1n) is 8.77. The van der Waals surface area contributed by atoms with Crippen LogP contribution in [-0.4, -0.2) is 40.8 Å². The van der Waals surface area contributed by atoms with Gasteiger partial charge in [-0.1, -0.05) is 30.6 Å². The number of hydrogen-bond donors (Lipinski definition) is 1. The van der Waals surface area contributed by atoms with Crippen molar-refractivity contribution in [2.24, 2.45) is 5.41 Å². The molecule has 5 nitrogen and oxygen atoms in total. The Kier molecular flexibility index (Phi) is 4.63. The molecular weight excluding hydrogens is 304 g/mol. The van der Waals surface area contributed by atoms with Crippen molar-refractivity contribution in [3.63, 3.8) is 0 Å². The summed E-state index contributed by atoms with van der Waals surface area (Å²) in [6.07, 6.45) is 2.56. The highest BCUT2D eigenvalue weighted by Gasteiger charge is 2.50. The zero-order chi connectivity index (χ0) is 17.3. The second-order valence-corrected chi connectivity index (χ2v) is 7.21. The smallest absolute Gasteiger partial charge is 0.310 e. The number of rotatable bonds is 8. The van der Waals surface area contributed by atoms with Gasteiger partial charge in [-0.25, -0.2) is 0 Å². The molecule has 0 spiro atoms. The van der Waals surface area contributed by atoms with Crippen molar-refractivity contribution in [1.29, 1.82) is 0 Å². The van der Waals surface area contributed by atoms with Crippen LogP contribution in [-0.2, 0) is 4.79 Å². The molecular formula is C19H26N2O3. The van der Waals surface area contributed by atoms with Crippen molar-refractivity contribution in [2.75, 3.05) is 19.6 Å².